The standard InChI is InChI=1S/C24H28F3N7O2/c1-23(2,3)36-22(35)34-10-8-15(9-11-34)19-30-20(18-13-28-14-33(18)4)32-21(31-19)29-17-7-5-6-16(12-17)24(25,26)27/h5-7,12-15H,8-11H2,1-4H3,(H,29,30,31,32). The minimum absolute atomic E-state index is 0.0688. The molecule has 0 aliphatic carbocycles. The van der Waals surface area contributed by atoms with Gasteiger partial charge in [-0.05, 0) is 51.8 Å². The number of benzene rings is 1. The Morgan fingerprint density at radius 3 is 2.44 bits per heavy atom. The minimum atomic E-state index is -4.47. The summed E-state index contributed by atoms with van der Waals surface area (Å²) in [6, 6.07) is 4.85. The Balaban J connectivity index is 1.59. The molecule has 1 amide bonds. The van der Waals surface area contributed by atoms with Gasteiger partial charge in [-0.15, -0.1) is 0 Å². The summed E-state index contributed by atoms with van der Waals surface area (Å²) in [4.78, 5) is 31.8. The molecule has 3 aromatic rings. The van der Waals surface area contributed by atoms with Crippen LogP contribution in [0.15, 0.2) is 36.8 Å². The Hall–Kier alpha value is -3.70. The molecule has 1 aliphatic heterocycles. The topological polar surface area (TPSA) is 98.1 Å². The summed E-state index contributed by atoms with van der Waals surface area (Å²) in [5.41, 5.74) is -0.512. The number of aromatic nitrogens is 5. The number of hydrogen-bond acceptors (Lipinski definition) is 7. The molecule has 3 heterocycles. The lowest BCUT2D eigenvalue weighted by Gasteiger charge is -2.33. The molecule has 0 radical (unpaired) electrons. The van der Waals surface area contributed by atoms with E-state index in [4.69, 9.17) is 4.74 Å². The van der Waals surface area contributed by atoms with E-state index in [1.165, 1.54) is 12.1 Å². The van der Waals surface area contributed by atoms with Crippen molar-refractivity contribution in [2.45, 2.75) is 51.3 Å². The van der Waals surface area contributed by atoms with Gasteiger partial charge in [0.1, 0.15) is 17.1 Å². The van der Waals surface area contributed by atoms with Gasteiger partial charge in [-0.1, -0.05) is 6.07 Å². The number of piperidine rings is 1. The Morgan fingerprint density at radius 1 is 1.11 bits per heavy atom. The molecule has 1 N–H and O–H groups in total. The van der Waals surface area contributed by atoms with Gasteiger partial charge in [0.25, 0.3) is 0 Å². The SMILES string of the molecule is Cn1cncc1-c1nc(Nc2cccc(C(F)(F)F)c2)nc(C2CCN(C(=O)OC(C)(C)C)CC2)n1. The fourth-order valence-electron chi connectivity index (χ4n) is 3.87. The third-order valence-electron chi connectivity index (χ3n) is 5.66. The monoisotopic (exact) mass is 503 g/mol. The molecule has 1 fully saturated rings. The molecule has 12 heteroatoms. The van der Waals surface area contributed by atoms with Crippen LogP contribution in [0.5, 0.6) is 0 Å². The fraction of sp³-hybridized carbons (Fsp3) is 0.458. The maximum Gasteiger partial charge on any atom is 0.416 e. The predicted octanol–water partition coefficient (Wildman–Crippen LogP) is 5.15. The van der Waals surface area contributed by atoms with Gasteiger partial charge >= 0.3 is 12.3 Å². The highest BCUT2D eigenvalue weighted by molar-refractivity contribution is 5.68. The number of ether oxygens (including phenoxy) is 1. The second-order valence-electron chi connectivity index (χ2n) is 9.68. The van der Waals surface area contributed by atoms with Gasteiger partial charge in [-0.2, -0.15) is 23.1 Å². The summed E-state index contributed by atoms with van der Waals surface area (Å²) in [5, 5.41) is 2.89. The van der Waals surface area contributed by atoms with Crippen LogP contribution >= 0.6 is 0 Å². The maximum absolute atomic E-state index is 13.2. The number of alkyl halides is 3. The van der Waals surface area contributed by atoms with Crippen LogP contribution in [0.2, 0.25) is 0 Å². The number of carbonyl (C=O) groups excluding carboxylic acids is 1. The minimum Gasteiger partial charge on any atom is -0.444 e. The zero-order valence-electron chi connectivity index (χ0n) is 20.5. The second kappa shape index (κ2) is 9.75. The number of amides is 1. The first-order chi connectivity index (χ1) is 16.9. The van der Waals surface area contributed by atoms with Crippen LogP contribution < -0.4 is 5.32 Å². The average Bonchev–Trinajstić information content (AvgIpc) is 3.23. The third kappa shape index (κ3) is 6.10. The molecule has 1 saturated heterocycles. The van der Waals surface area contributed by atoms with Gasteiger partial charge in [0.15, 0.2) is 5.82 Å². The zero-order valence-corrected chi connectivity index (χ0v) is 20.5. The van der Waals surface area contributed by atoms with E-state index >= 15 is 0 Å². The van der Waals surface area contributed by atoms with Crippen LogP contribution in [-0.4, -0.2) is 54.2 Å². The highest BCUT2D eigenvalue weighted by atomic mass is 19.4. The molecule has 9 nitrogen and oxygen atoms in total. The van der Waals surface area contributed by atoms with Crippen molar-refractivity contribution in [2.75, 3.05) is 18.4 Å². The van der Waals surface area contributed by atoms with E-state index in [9.17, 15) is 18.0 Å². The molecule has 4 rings (SSSR count). The van der Waals surface area contributed by atoms with Gasteiger partial charge in [0.2, 0.25) is 5.95 Å². The summed E-state index contributed by atoms with van der Waals surface area (Å²) in [5.74, 6) is 0.911. The fourth-order valence-corrected chi connectivity index (χ4v) is 3.87. The van der Waals surface area contributed by atoms with Crippen LogP contribution in [0, 0.1) is 0 Å². The highest BCUT2D eigenvalue weighted by Crippen LogP contribution is 2.32. The van der Waals surface area contributed by atoms with Crippen molar-refractivity contribution in [2.24, 2.45) is 7.05 Å². The van der Waals surface area contributed by atoms with Crippen LogP contribution in [0.3, 0.4) is 0 Å². The summed E-state index contributed by atoms with van der Waals surface area (Å²) in [6.07, 6.45) is -0.395. The summed E-state index contributed by atoms with van der Waals surface area (Å²) in [6.45, 7) is 6.41. The molecule has 0 spiro atoms. The van der Waals surface area contributed by atoms with Gasteiger partial charge < -0.3 is 19.5 Å². The van der Waals surface area contributed by atoms with E-state index < -0.39 is 17.3 Å². The average molecular weight is 504 g/mol. The van der Waals surface area contributed by atoms with Gasteiger partial charge in [-0.3, -0.25) is 0 Å². The molecule has 1 aliphatic rings. The number of nitrogens with zero attached hydrogens (tertiary/aromatic N) is 6. The Kier molecular flexibility index (Phi) is 6.87. The van der Waals surface area contributed by atoms with Crippen LogP contribution in [0.1, 0.15) is 50.9 Å². The van der Waals surface area contributed by atoms with E-state index in [0.29, 0.717) is 43.3 Å². The number of likely N-dealkylation sites (tertiary alicyclic amines) is 1. The zero-order chi connectivity index (χ0) is 26.1. The number of nitrogens with one attached hydrogen (secondary N) is 1. The summed E-state index contributed by atoms with van der Waals surface area (Å²) < 4.78 is 46.7. The van der Waals surface area contributed by atoms with Gasteiger partial charge in [0, 0.05) is 31.7 Å². The molecule has 0 atom stereocenters. The van der Waals surface area contributed by atoms with Crippen molar-refractivity contribution in [3.63, 3.8) is 0 Å². The third-order valence-corrected chi connectivity index (χ3v) is 5.66. The number of imidazole rings is 1. The largest absolute Gasteiger partial charge is 0.444 e. The normalized spacial score (nSPS) is 15.1. The second-order valence-corrected chi connectivity index (χ2v) is 9.68. The predicted molar refractivity (Wildman–Crippen MR) is 127 cm³/mol. The van der Waals surface area contributed by atoms with Crippen molar-refractivity contribution in [1.82, 2.24) is 29.4 Å². The number of carbonyl (C=O) groups is 1. The van der Waals surface area contributed by atoms with Crippen LogP contribution in [0.4, 0.5) is 29.6 Å². The molecular formula is C24H28F3N7O2. The van der Waals surface area contributed by atoms with Gasteiger partial charge in [0.05, 0.1) is 18.1 Å². The molecule has 2 aromatic heterocycles. The quantitative estimate of drug-likeness (QED) is 0.526. The number of hydrogen-bond donors (Lipinski definition) is 1. The van der Waals surface area contributed by atoms with Crippen molar-refractivity contribution in [1.29, 1.82) is 0 Å². The van der Waals surface area contributed by atoms with Gasteiger partial charge in [-0.25, -0.2) is 14.8 Å². The number of halogens is 3. The van der Waals surface area contributed by atoms with Crippen molar-refractivity contribution < 1.29 is 22.7 Å². The van der Waals surface area contributed by atoms with E-state index in [1.807, 2.05) is 20.8 Å². The van der Waals surface area contributed by atoms with E-state index in [-0.39, 0.29) is 23.6 Å². The lowest BCUT2D eigenvalue weighted by molar-refractivity contribution is -0.137. The first-order valence-corrected chi connectivity index (χ1v) is 11.5. The Morgan fingerprint density at radius 2 is 1.83 bits per heavy atom. The van der Waals surface area contributed by atoms with Crippen LogP contribution in [0.25, 0.3) is 11.5 Å². The highest BCUT2D eigenvalue weighted by Gasteiger charge is 2.31. The van der Waals surface area contributed by atoms with Crippen molar-refractivity contribution >= 4 is 17.7 Å². The van der Waals surface area contributed by atoms with E-state index in [0.717, 1.165) is 12.1 Å². The number of rotatable bonds is 4. The smallest absolute Gasteiger partial charge is 0.416 e. The molecule has 36 heavy (non-hydrogen) atoms. The Bertz CT molecular complexity index is 1230. The lowest BCUT2D eigenvalue weighted by Crippen LogP contribution is -2.41. The number of aryl methyl sites for hydroxylation is 1. The molecule has 0 bridgehead atoms. The molecule has 1 aromatic carbocycles. The van der Waals surface area contributed by atoms with Crippen molar-refractivity contribution in [3.05, 3.63) is 48.2 Å². The maximum atomic E-state index is 13.2. The van der Waals surface area contributed by atoms with E-state index in [2.05, 4.69) is 25.3 Å². The molecule has 0 saturated carbocycles. The molecule has 0 unspecified atom stereocenters. The number of anilines is 2. The first-order valence-electron chi connectivity index (χ1n) is 11.5. The summed E-state index contributed by atoms with van der Waals surface area (Å²) >= 11 is 0. The van der Waals surface area contributed by atoms with E-state index in [1.54, 1.807) is 29.0 Å². The van der Waals surface area contributed by atoms with Crippen molar-refractivity contribution in [3.8, 4) is 11.5 Å². The molecule has 192 valence electrons. The molecular weight excluding hydrogens is 475 g/mol. The first kappa shape index (κ1) is 25.4. The lowest BCUT2D eigenvalue weighted by atomic mass is 9.96. The summed E-state index contributed by atoms with van der Waals surface area (Å²) in [7, 11) is 1.80. The Labute approximate surface area is 206 Å². The van der Waals surface area contributed by atoms with Crippen LogP contribution in [-0.2, 0) is 18.0 Å².